The molecule has 4 rings (SSSR count). The molecule has 1 fully saturated rings. The summed E-state index contributed by atoms with van der Waals surface area (Å²) < 4.78 is 14.7. The van der Waals surface area contributed by atoms with Crippen LogP contribution in [0.3, 0.4) is 0 Å². The molecule has 1 N–H and O–H groups in total. The van der Waals surface area contributed by atoms with Crippen molar-refractivity contribution >= 4 is 34.2 Å². The number of alkyl halides is 1. The molecule has 8 heteroatoms. The standard InChI is InChI=1S/C16H13ClFN5O/c1-23-7-10(6-19-23)8-2-9-4-14(20-16(24)11-5-13(11)18)21-22-15(9)12(17)3-8/h2-4,6-7,11,13H,5H2,1H3,(H,20,21,24)/t11-,13+/m1/s1. The molecule has 0 radical (unpaired) electrons. The molecule has 24 heavy (non-hydrogen) atoms. The van der Waals surface area contributed by atoms with Crippen LogP contribution in [0.25, 0.3) is 22.0 Å². The summed E-state index contributed by atoms with van der Waals surface area (Å²) in [5.74, 6) is -0.663. The van der Waals surface area contributed by atoms with Crippen LogP contribution in [-0.2, 0) is 11.8 Å². The van der Waals surface area contributed by atoms with Crippen molar-refractivity contribution < 1.29 is 9.18 Å². The lowest BCUT2D eigenvalue weighted by molar-refractivity contribution is -0.117. The molecule has 2 atom stereocenters. The molecule has 0 saturated heterocycles. The third kappa shape index (κ3) is 2.71. The SMILES string of the molecule is Cn1cc(-c2cc(Cl)c3nnc(NC(=O)[C@@H]4C[C@@H]4F)cc3c2)cn1. The molecule has 1 aliphatic carbocycles. The van der Waals surface area contributed by atoms with Crippen molar-refractivity contribution in [1.82, 2.24) is 20.0 Å². The molecule has 2 heterocycles. The lowest BCUT2D eigenvalue weighted by atomic mass is 10.1. The van der Waals surface area contributed by atoms with Crippen LogP contribution in [0.2, 0.25) is 5.02 Å². The maximum absolute atomic E-state index is 13.0. The molecule has 122 valence electrons. The second-order valence-corrected chi connectivity index (χ2v) is 6.28. The minimum Gasteiger partial charge on any atom is -0.309 e. The van der Waals surface area contributed by atoms with Crippen LogP contribution >= 0.6 is 11.6 Å². The van der Waals surface area contributed by atoms with Crippen molar-refractivity contribution in [3.63, 3.8) is 0 Å². The number of aromatic nitrogens is 4. The van der Waals surface area contributed by atoms with Gasteiger partial charge in [-0.2, -0.15) is 5.10 Å². The van der Waals surface area contributed by atoms with Crippen molar-refractivity contribution in [2.45, 2.75) is 12.6 Å². The van der Waals surface area contributed by atoms with Gasteiger partial charge in [0.15, 0.2) is 5.82 Å². The number of amides is 1. The molecular formula is C16H13ClFN5O. The van der Waals surface area contributed by atoms with Crippen LogP contribution in [0.1, 0.15) is 6.42 Å². The van der Waals surface area contributed by atoms with Crippen molar-refractivity contribution in [1.29, 1.82) is 0 Å². The number of nitrogens with one attached hydrogen (secondary N) is 1. The summed E-state index contributed by atoms with van der Waals surface area (Å²) in [5, 5.41) is 15.9. The first kappa shape index (κ1) is 15.0. The number of carbonyl (C=O) groups is 1. The maximum atomic E-state index is 13.0. The molecule has 1 amide bonds. The fraction of sp³-hybridized carbons (Fsp3) is 0.250. The number of nitrogens with zero attached hydrogens (tertiary/aromatic N) is 4. The van der Waals surface area contributed by atoms with E-state index in [0.29, 0.717) is 10.5 Å². The summed E-state index contributed by atoms with van der Waals surface area (Å²) in [5.41, 5.74) is 2.34. The molecule has 0 aliphatic heterocycles. The number of benzene rings is 1. The van der Waals surface area contributed by atoms with Crippen molar-refractivity contribution in [2.24, 2.45) is 13.0 Å². The van der Waals surface area contributed by atoms with E-state index in [1.54, 1.807) is 23.0 Å². The number of anilines is 1. The highest BCUT2D eigenvalue weighted by Gasteiger charge is 2.43. The fourth-order valence-electron chi connectivity index (χ4n) is 2.57. The van der Waals surface area contributed by atoms with E-state index in [9.17, 15) is 9.18 Å². The highest BCUT2D eigenvalue weighted by Crippen LogP contribution is 2.35. The van der Waals surface area contributed by atoms with Gasteiger partial charge < -0.3 is 5.32 Å². The first-order chi connectivity index (χ1) is 11.5. The lowest BCUT2D eigenvalue weighted by Gasteiger charge is -2.07. The number of rotatable bonds is 3. The van der Waals surface area contributed by atoms with E-state index in [0.717, 1.165) is 16.5 Å². The van der Waals surface area contributed by atoms with Crippen molar-refractivity contribution in [3.05, 3.63) is 35.6 Å². The van der Waals surface area contributed by atoms with E-state index in [4.69, 9.17) is 11.6 Å². The van der Waals surface area contributed by atoms with E-state index < -0.39 is 12.1 Å². The second kappa shape index (κ2) is 5.52. The lowest BCUT2D eigenvalue weighted by Crippen LogP contribution is -2.16. The number of hydrogen-bond acceptors (Lipinski definition) is 4. The predicted octanol–water partition coefficient (Wildman–Crippen LogP) is 2.98. The Balaban J connectivity index is 1.70. The van der Waals surface area contributed by atoms with Gasteiger partial charge in [-0.25, -0.2) is 4.39 Å². The van der Waals surface area contributed by atoms with E-state index in [2.05, 4.69) is 20.6 Å². The zero-order valence-electron chi connectivity index (χ0n) is 12.7. The van der Waals surface area contributed by atoms with Crippen LogP contribution in [-0.4, -0.2) is 32.1 Å². The fourth-order valence-corrected chi connectivity index (χ4v) is 2.83. The molecule has 1 saturated carbocycles. The molecule has 1 aromatic carbocycles. The third-order valence-corrected chi connectivity index (χ3v) is 4.27. The molecular weight excluding hydrogens is 333 g/mol. The van der Waals surface area contributed by atoms with Gasteiger partial charge in [-0.05, 0) is 30.2 Å². The molecule has 2 aromatic heterocycles. The van der Waals surface area contributed by atoms with Crippen LogP contribution < -0.4 is 5.32 Å². The Kier molecular flexibility index (Phi) is 3.45. The monoisotopic (exact) mass is 345 g/mol. The van der Waals surface area contributed by atoms with Gasteiger partial charge in [0.25, 0.3) is 0 Å². The largest absolute Gasteiger partial charge is 0.309 e. The average Bonchev–Trinajstić information content (AvgIpc) is 3.12. The summed E-state index contributed by atoms with van der Waals surface area (Å²) in [6.07, 6.45) is 2.83. The van der Waals surface area contributed by atoms with Gasteiger partial charge in [0.05, 0.1) is 17.1 Å². The maximum Gasteiger partial charge on any atom is 0.231 e. The van der Waals surface area contributed by atoms with Crippen LogP contribution in [0.15, 0.2) is 30.6 Å². The molecule has 3 aromatic rings. The highest BCUT2D eigenvalue weighted by atomic mass is 35.5. The quantitative estimate of drug-likeness (QED) is 0.792. The zero-order valence-corrected chi connectivity index (χ0v) is 13.5. The first-order valence-corrected chi connectivity index (χ1v) is 7.80. The van der Waals surface area contributed by atoms with E-state index >= 15 is 0 Å². The van der Waals surface area contributed by atoms with Gasteiger partial charge in [-0.3, -0.25) is 9.48 Å². The Morgan fingerprint density at radius 1 is 1.33 bits per heavy atom. The predicted molar refractivity (Wildman–Crippen MR) is 88.4 cm³/mol. The minimum absolute atomic E-state index is 0.268. The Morgan fingerprint density at radius 3 is 2.79 bits per heavy atom. The first-order valence-electron chi connectivity index (χ1n) is 7.42. The molecule has 0 bridgehead atoms. The Morgan fingerprint density at radius 2 is 2.12 bits per heavy atom. The van der Waals surface area contributed by atoms with E-state index in [1.807, 2.05) is 19.3 Å². The van der Waals surface area contributed by atoms with Gasteiger partial charge in [0, 0.05) is 24.2 Å². The topological polar surface area (TPSA) is 72.7 Å². The van der Waals surface area contributed by atoms with E-state index in [1.165, 1.54) is 0 Å². The third-order valence-electron chi connectivity index (χ3n) is 3.98. The zero-order chi connectivity index (χ0) is 16.8. The molecule has 1 aliphatic rings. The molecule has 0 unspecified atom stereocenters. The number of carbonyl (C=O) groups excluding carboxylic acids is 1. The summed E-state index contributed by atoms with van der Waals surface area (Å²) in [4.78, 5) is 11.8. The van der Waals surface area contributed by atoms with Crippen molar-refractivity contribution in [3.8, 4) is 11.1 Å². The average molecular weight is 346 g/mol. The van der Waals surface area contributed by atoms with Gasteiger partial charge in [0.2, 0.25) is 5.91 Å². The molecule has 0 spiro atoms. The normalized spacial score (nSPS) is 19.5. The van der Waals surface area contributed by atoms with Crippen LogP contribution in [0, 0.1) is 5.92 Å². The van der Waals surface area contributed by atoms with Crippen molar-refractivity contribution in [2.75, 3.05) is 5.32 Å². The van der Waals surface area contributed by atoms with Crippen LogP contribution in [0.4, 0.5) is 10.2 Å². The summed E-state index contributed by atoms with van der Waals surface area (Å²) in [6.45, 7) is 0. The number of aryl methyl sites for hydroxylation is 1. The van der Waals surface area contributed by atoms with Gasteiger partial charge in [-0.1, -0.05) is 11.6 Å². The Bertz CT molecular complexity index is 957. The number of halogens is 2. The highest BCUT2D eigenvalue weighted by molar-refractivity contribution is 6.35. The molecule has 6 nitrogen and oxygen atoms in total. The summed E-state index contributed by atoms with van der Waals surface area (Å²) in [6, 6.07) is 5.38. The van der Waals surface area contributed by atoms with Gasteiger partial charge in [-0.15, -0.1) is 10.2 Å². The smallest absolute Gasteiger partial charge is 0.231 e. The van der Waals surface area contributed by atoms with Gasteiger partial charge >= 0.3 is 0 Å². The number of hydrogen-bond donors (Lipinski definition) is 1. The second-order valence-electron chi connectivity index (χ2n) is 5.88. The summed E-state index contributed by atoms with van der Waals surface area (Å²) >= 11 is 6.29. The van der Waals surface area contributed by atoms with Gasteiger partial charge in [0.1, 0.15) is 11.7 Å². The summed E-state index contributed by atoms with van der Waals surface area (Å²) in [7, 11) is 1.83. The Hall–Kier alpha value is -2.54. The number of fused-ring (bicyclic) bond motifs is 1. The van der Waals surface area contributed by atoms with E-state index in [-0.39, 0.29) is 18.1 Å². The minimum atomic E-state index is -1.05. The Labute approximate surface area is 141 Å². The van der Waals surface area contributed by atoms with Crippen LogP contribution in [0.5, 0.6) is 0 Å².